The third-order valence-corrected chi connectivity index (χ3v) is 2.51. The zero-order valence-corrected chi connectivity index (χ0v) is 8.18. The van der Waals surface area contributed by atoms with Crippen molar-refractivity contribution in [3.05, 3.63) is 18.3 Å². The van der Waals surface area contributed by atoms with E-state index in [9.17, 15) is 0 Å². The van der Waals surface area contributed by atoms with E-state index in [0.29, 0.717) is 11.8 Å². The lowest BCUT2D eigenvalue weighted by Crippen LogP contribution is -2.48. The maximum Gasteiger partial charge on any atom is 0.214 e. The van der Waals surface area contributed by atoms with Crippen LogP contribution < -0.4 is 9.64 Å². The maximum absolute atomic E-state index is 8.89. The normalized spacial score (nSPS) is 16.6. The lowest BCUT2D eigenvalue weighted by atomic mass is 10.0. The molecule has 0 bridgehead atoms. The second-order valence-corrected chi connectivity index (χ2v) is 3.51. The van der Waals surface area contributed by atoms with Crippen LogP contribution in [-0.4, -0.2) is 36.9 Å². The Labute approximate surface area is 83.1 Å². The summed E-state index contributed by atoms with van der Waals surface area (Å²) in [7, 11) is 1.61. The molecule has 0 spiro atoms. The van der Waals surface area contributed by atoms with E-state index in [0.717, 1.165) is 18.8 Å². The topological polar surface area (TPSA) is 45.6 Å². The summed E-state index contributed by atoms with van der Waals surface area (Å²) in [5.74, 6) is 1.06. The zero-order chi connectivity index (χ0) is 9.97. The Hall–Kier alpha value is -1.29. The van der Waals surface area contributed by atoms with Crippen LogP contribution in [0, 0.1) is 5.92 Å². The molecule has 0 aromatic carbocycles. The molecule has 14 heavy (non-hydrogen) atoms. The molecular formula is C10H14N2O2. The maximum atomic E-state index is 8.89. The van der Waals surface area contributed by atoms with Gasteiger partial charge in [-0.25, -0.2) is 4.98 Å². The molecule has 0 unspecified atom stereocenters. The molecule has 1 N–H and O–H groups in total. The van der Waals surface area contributed by atoms with E-state index in [1.54, 1.807) is 13.3 Å². The van der Waals surface area contributed by atoms with Gasteiger partial charge in [-0.1, -0.05) is 0 Å². The SMILES string of the molecule is COc1cc(N2CC(CO)C2)ccn1. The molecule has 0 aliphatic carbocycles. The second-order valence-electron chi connectivity index (χ2n) is 3.51. The van der Waals surface area contributed by atoms with E-state index in [-0.39, 0.29) is 6.61 Å². The van der Waals surface area contributed by atoms with Gasteiger partial charge in [0, 0.05) is 43.6 Å². The summed E-state index contributed by atoms with van der Waals surface area (Å²) in [5.41, 5.74) is 1.11. The molecule has 0 radical (unpaired) electrons. The first-order valence-corrected chi connectivity index (χ1v) is 4.69. The summed E-state index contributed by atoms with van der Waals surface area (Å²) in [5, 5.41) is 8.89. The minimum absolute atomic E-state index is 0.277. The first kappa shape index (κ1) is 9.27. The largest absolute Gasteiger partial charge is 0.481 e. The minimum Gasteiger partial charge on any atom is -0.481 e. The standard InChI is InChI=1S/C10H14N2O2/c1-14-10-4-9(2-3-11-10)12-5-8(6-12)7-13/h2-4,8,13H,5-7H2,1H3. The Bertz CT molecular complexity index is 311. The number of ether oxygens (including phenoxy) is 1. The van der Waals surface area contributed by atoms with E-state index < -0.39 is 0 Å². The van der Waals surface area contributed by atoms with Gasteiger partial charge >= 0.3 is 0 Å². The van der Waals surface area contributed by atoms with Gasteiger partial charge in [0.05, 0.1) is 7.11 Å². The molecule has 4 heteroatoms. The van der Waals surface area contributed by atoms with Crippen molar-refractivity contribution in [3.63, 3.8) is 0 Å². The van der Waals surface area contributed by atoms with E-state index in [1.165, 1.54) is 0 Å². The van der Waals surface area contributed by atoms with Crippen molar-refractivity contribution in [2.45, 2.75) is 0 Å². The Morgan fingerprint density at radius 2 is 2.43 bits per heavy atom. The lowest BCUT2D eigenvalue weighted by Gasteiger charge is -2.40. The molecule has 0 atom stereocenters. The van der Waals surface area contributed by atoms with Crippen LogP contribution in [0.5, 0.6) is 5.88 Å². The zero-order valence-electron chi connectivity index (χ0n) is 8.18. The number of methoxy groups -OCH3 is 1. The molecule has 1 aliphatic rings. The average Bonchev–Trinajstić information content (AvgIpc) is 2.17. The van der Waals surface area contributed by atoms with Gasteiger partial charge in [-0.15, -0.1) is 0 Å². The summed E-state index contributed by atoms with van der Waals surface area (Å²) >= 11 is 0. The van der Waals surface area contributed by atoms with E-state index in [4.69, 9.17) is 9.84 Å². The molecule has 1 fully saturated rings. The molecule has 0 amide bonds. The van der Waals surface area contributed by atoms with Crippen LogP contribution in [-0.2, 0) is 0 Å². The van der Waals surface area contributed by atoms with Gasteiger partial charge in [0.15, 0.2) is 0 Å². The third kappa shape index (κ3) is 1.65. The minimum atomic E-state index is 0.277. The fourth-order valence-corrected chi connectivity index (χ4v) is 1.60. The quantitative estimate of drug-likeness (QED) is 0.762. The van der Waals surface area contributed by atoms with Gasteiger partial charge < -0.3 is 14.7 Å². The molecule has 4 nitrogen and oxygen atoms in total. The number of aliphatic hydroxyl groups is 1. The van der Waals surface area contributed by atoms with Gasteiger partial charge in [-0.05, 0) is 6.07 Å². The molecular weight excluding hydrogens is 180 g/mol. The van der Waals surface area contributed by atoms with Gasteiger partial charge in [0.1, 0.15) is 0 Å². The number of hydrogen-bond acceptors (Lipinski definition) is 4. The predicted molar refractivity (Wildman–Crippen MR) is 53.6 cm³/mol. The highest BCUT2D eigenvalue weighted by Gasteiger charge is 2.26. The first-order valence-electron chi connectivity index (χ1n) is 4.69. The van der Waals surface area contributed by atoms with Gasteiger partial charge in [0.2, 0.25) is 5.88 Å². The van der Waals surface area contributed by atoms with Crippen LogP contribution in [0.25, 0.3) is 0 Å². The summed E-state index contributed by atoms with van der Waals surface area (Å²) in [6, 6.07) is 3.86. The number of rotatable bonds is 3. The van der Waals surface area contributed by atoms with Crippen molar-refractivity contribution in [1.29, 1.82) is 0 Å². The molecule has 1 aromatic heterocycles. The summed E-state index contributed by atoms with van der Waals surface area (Å²) in [4.78, 5) is 6.24. The van der Waals surface area contributed by atoms with Crippen LogP contribution in [0.1, 0.15) is 0 Å². The highest BCUT2D eigenvalue weighted by atomic mass is 16.5. The Morgan fingerprint density at radius 1 is 1.64 bits per heavy atom. The lowest BCUT2D eigenvalue weighted by molar-refractivity contribution is 0.200. The van der Waals surface area contributed by atoms with Gasteiger partial charge in [0.25, 0.3) is 0 Å². The highest BCUT2D eigenvalue weighted by molar-refractivity contribution is 5.50. The number of nitrogens with zero attached hydrogens (tertiary/aromatic N) is 2. The number of anilines is 1. The number of aromatic nitrogens is 1. The fourth-order valence-electron chi connectivity index (χ4n) is 1.60. The van der Waals surface area contributed by atoms with Crippen molar-refractivity contribution < 1.29 is 9.84 Å². The molecule has 2 heterocycles. The van der Waals surface area contributed by atoms with Crippen LogP contribution in [0.3, 0.4) is 0 Å². The van der Waals surface area contributed by atoms with Crippen molar-refractivity contribution in [2.24, 2.45) is 5.92 Å². The molecule has 1 aromatic rings. The van der Waals surface area contributed by atoms with Crippen molar-refractivity contribution in [1.82, 2.24) is 4.98 Å². The van der Waals surface area contributed by atoms with Crippen molar-refractivity contribution in [3.8, 4) is 5.88 Å². The second kappa shape index (κ2) is 3.84. The Morgan fingerprint density at radius 3 is 3.07 bits per heavy atom. The number of hydrogen-bond donors (Lipinski definition) is 1. The number of aliphatic hydroxyl groups excluding tert-OH is 1. The van der Waals surface area contributed by atoms with Gasteiger partial charge in [-0.2, -0.15) is 0 Å². The molecule has 76 valence electrons. The summed E-state index contributed by atoms with van der Waals surface area (Å²) in [6.07, 6.45) is 1.74. The molecule has 1 saturated heterocycles. The van der Waals surface area contributed by atoms with Crippen LogP contribution in [0.4, 0.5) is 5.69 Å². The molecule has 1 aliphatic heterocycles. The van der Waals surface area contributed by atoms with Gasteiger partial charge in [-0.3, -0.25) is 0 Å². The molecule has 0 saturated carbocycles. The average molecular weight is 194 g/mol. The van der Waals surface area contributed by atoms with E-state index in [1.807, 2.05) is 12.1 Å². The highest BCUT2D eigenvalue weighted by Crippen LogP contribution is 2.25. The first-order chi connectivity index (χ1) is 6.83. The van der Waals surface area contributed by atoms with Crippen LogP contribution >= 0.6 is 0 Å². The van der Waals surface area contributed by atoms with Crippen LogP contribution in [0.15, 0.2) is 18.3 Å². The monoisotopic (exact) mass is 194 g/mol. The predicted octanol–water partition coefficient (Wildman–Crippen LogP) is 0.519. The Kier molecular flexibility index (Phi) is 2.54. The summed E-state index contributed by atoms with van der Waals surface area (Å²) < 4.78 is 5.04. The van der Waals surface area contributed by atoms with Crippen molar-refractivity contribution >= 4 is 5.69 Å². The van der Waals surface area contributed by atoms with Crippen LogP contribution in [0.2, 0.25) is 0 Å². The smallest absolute Gasteiger partial charge is 0.214 e. The summed E-state index contributed by atoms with van der Waals surface area (Å²) in [6.45, 7) is 2.12. The third-order valence-electron chi connectivity index (χ3n) is 2.51. The van der Waals surface area contributed by atoms with Crippen molar-refractivity contribution in [2.75, 3.05) is 31.7 Å². The number of pyridine rings is 1. The van der Waals surface area contributed by atoms with E-state index in [2.05, 4.69) is 9.88 Å². The fraction of sp³-hybridized carbons (Fsp3) is 0.500. The Balaban J connectivity index is 2.03. The molecule has 2 rings (SSSR count). The van der Waals surface area contributed by atoms with E-state index >= 15 is 0 Å².